The van der Waals surface area contributed by atoms with Gasteiger partial charge >= 0.3 is 6.03 Å². The monoisotopic (exact) mass is 423 g/mol. The third-order valence-corrected chi connectivity index (χ3v) is 6.15. The number of benzene rings is 2. The second kappa shape index (κ2) is 6.17. The molecule has 2 aliphatic rings. The van der Waals surface area contributed by atoms with Crippen molar-refractivity contribution in [2.45, 2.75) is 6.54 Å². The van der Waals surface area contributed by atoms with Gasteiger partial charge in [0.15, 0.2) is 16.6 Å². The highest BCUT2D eigenvalue weighted by molar-refractivity contribution is 7.22. The highest BCUT2D eigenvalue weighted by Crippen LogP contribution is 2.45. The predicted octanol–water partition coefficient (Wildman–Crippen LogP) is 3.93. The molecule has 0 saturated heterocycles. The molecule has 0 bridgehead atoms. The third-order valence-electron chi connectivity index (χ3n) is 5.14. The number of fused-ring (bicyclic) bond motifs is 4. The zero-order chi connectivity index (χ0) is 20.4. The van der Waals surface area contributed by atoms with E-state index in [2.05, 4.69) is 15.4 Å². The lowest BCUT2D eigenvalue weighted by Gasteiger charge is -2.29. The Morgan fingerprint density at radius 2 is 2.17 bits per heavy atom. The topological polar surface area (TPSA) is 81.5 Å². The molecule has 2 amide bonds. The molecule has 150 valence electrons. The molecule has 1 N–H and O–H groups in total. The first kappa shape index (κ1) is 17.2. The molecule has 2 aromatic heterocycles. The quantitative estimate of drug-likeness (QED) is 0.528. The molecule has 2 aromatic carbocycles. The van der Waals surface area contributed by atoms with Crippen LogP contribution >= 0.6 is 11.3 Å². The summed E-state index contributed by atoms with van der Waals surface area (Å²) in [6, 6.07) is 6.15. The van der Waals surface area contributed by atoms with Crippen LogP contribution in [0.25, 0.3) is 21.3 Å². The molecule has 0 unspecified atom stereocenters. The first-order valence-corrected chi connectivity index (χ1v) is 9.98. The van der Waals surface area contributed by atoms with Gasteiger partial charge in [0.2, 0.25) is 6.79 Å². The molecule has 0 aliphatic carbocycles. The molecule has 0 spiro atoms. The maximum atomic E-state index is 14.6. The van der Waals surface area contributed by atoms with Gasteiger partial charge in [0.1, 0.15) is 11.3 Å². The van der Waals surface area contributed by atoms with Crippen LogP contribution in [0.4, 0.5) is 20.0 Å². The summed E-state index contributed by atoms with van der Waals surface area (Å²) in [6.45, 7) is 0.417. The first-order valence-electron chi connectivity index (χ1n) is 9.17. The zero-order valence-electron chi connectivity index (χ0n) is 15.7. The predicted molar refractivity (Wildman–Crippen MR) is 109 cm³/mol. The van der Waals surface area contributed by atoms with Crippen LogP contribution < -0.4 is 19.7 Å². The number of anilines is 2. The van der Waals surface area contributed by atoms with Gasteiger partial charge in [0.25, 0.3) is 0 Å². The number of thiazole rings is 1. The fourth-order valence-corrected chi connectivity index (χ4v) is 4.79. The Labute approximate surface area is 173 Å². The van der Waals surface area contributed by atoms with Gasteiger partial charge in [-0.15, -0.1) is 0 Å². The maximum Gasteiger partial charge on any atom is 0.328 e. The van der Waals surface area contributed by atoms with Crippen LogP contribution in [0.3, 0.4) is 0 Å². The smallest absolute Gasteiger partial charge is 0.328 e. The van der Waals surface area contributed by atoms with E-state index in [4.69, 9.17) is 9.47 Å². The van der Waals surface area contributed by atoms with Crippen molar-refractivity contribution < 1.29 is 18.7 Å². The Morgan fingerprint density at radius 3 is 3.00 bits per heavy atom. The molecular weight excluding hydrogens is 409 g/mol. The number of carbonyl (C=O) groups is 1. The Hall–Kier alpha value is -3.66. The van der Waals surface area contributed by atoms with Gasteiger partial charge in [-0.2, -0.15) is 5.10 Å². The van der Waals surface area contributed by atoms with E-state index in [1.54, 1.807) is 17.9 Å². The van der Waals surface area contributed by atoms with Crippen LogP contribution in [-0.4, -0.2) is 27.6 Å². The van der Waals surface area contributed by atoms with Crippen LogP contribution in [0.5, 0.6) is 11.5 Å². The van der Waals surface area contributed by atoms with Gasteiger partial charge in [-0.3, -0.25) is 4.68 Å². The number of nitrogens with one attached hydrogen (secondary N) is 1. The zero-order valence-corrected chi connectivity index (χ0v) is 16.5. The van der Waals surface area contributed by atoms with Crippen LogP contribution in [0.15, 0.2) is 36.7 Å². The maximum absolute atomic E-state index is 14.6. The number of rotatable bonds is 2. The largest absolute Gasteiger partial charge is 0.454 e. The summed E-state index contributed by atoms with van der Waals surface area (Å²) >= 11 is 1.33. The van der Waals surface area contributed by atoms with E-state index in [0.29, 0.717) is 33.4 Å². The lowest BCUT2D eigenvalue weighted by molar-refractivity contribution is 0.174. The minimum atomic E-state index is -0.439. The average Bonchev–Trinajstić information content (AvgIpc) is 3.45. The Balaban J connectivity index is 1.54. The van der Waals surface area contributed by atoms with Gasteiger partial charge in [-0.05, 0) is 29.8 Å². The molecule has 0 fully saturated rings. The molecule has 0 atom stereocenters. The molecule has 0 radical (unpaired) electrons. The van der Waals surface area contributed by atoms with Gasteiger partial charge in [0.05, 0.1) is 16.6 Å². The summed E-state index contributed by atoms with van der Waals surface area (Å²) in [5.74, 6) is 0.738. The van der Waals surface area contributed by atoms with Crippen LogP contribution in [0.1, 0.15) is 5.56 Å². The van der Waals surface area contributed by atoms with Gasteiger partial charge < -0.3 is 14.8 Å². The van der Waals surface area contributed by atoms with E-state index in [0.717, 1.165) is 15.8 Å². The molecule has 8 nitrogen and oxygen atoms in total. The van der Waals surface area contributed by atoms with E-state index >= 15 is 0 Å². The summed E-state index contributed by atoms with van der Waals surface area (Å²) in [4.78, 5) is 18.9. The number of hydrogen-bond acceptors (Lipinski definition) is 6. The van der Waals surface area contributed by atoms with Gasteiger partial charge in [-0.25, -0.2) is 19.1 Å². The van der Waals surface area contributed by atoms with E-state index in [1.807, 2.05) is 18.3 Å². The van der Waals surface area contributed by atoms with Gasteiger partial charge in [0, 0.05) is 30.9 Å². The summed E-state index contributed by atoms with van der Waals surface area (Å²) in [5.41, 5.74) is 3.34. The Morgan fingerprint density at radius 1 is 1.27 bits per heavy atom. The lowest BCUT2D eigenvalue weighted by atomic mass is 9.98. The minimum Gasteiger partial charge on any atom is -0.454 e. The third kappa shape index (κ3) is 2.47. The number of aromatic nitrogens is 3. The fourth-order valence-electron chi connectivity index (χ4n) is 3.81. The Kier molecular flexibility index (Phi) is 3.54. The van der Waals surface area contributed by atoms with Crippen molar-refractivity contribution in [1.82, 2.24) is 20.1 Å². The second-order valence-electron chi connectivity index (χ2n) is 6.99. The summed E-state index contributed by atoms with van der Waals surface area (Å²) < 4.78 is 28.1. The molecule has 10 heteroatoms. The van der Waals surface area contributed by atoms with E-state index < -0.39 is 5.82 Å². The van der Waals surface area contributed by atoms with E-state index in [-0.39, 0.29) is 19.4 Å². The molecular formula is C20H14FN5O3S. The summed E-state index contributed by atoms with van der Waals surface area (Å²) in [7, 11) is 1.80. The highest BCUT2D eigenvalue weighted by Gasteiger charge is 2.32. The van der Waals surface area contributed by atoms with Crippen molar-refractivity contribution in [3.63, 3.8) is 0 Å². The average molecular weight is 423 g/mol. The summed E-state index contributed by atoms with van der Waals surface area (Å²) in [5, 5.41) is 7.48. The molecule has 6 rings (SSSR count). The van der Waals surface area contributed by atoms with Crippen molar-refractivity contribution in [1.29, 1.82) is 0 Å². The number of hydrogen-bond donors (Lipinski definition) is 1. The number of carbonyl (C=O) groups excluding carboxylic acids is 1. The van der Waals surface area contributed by atoms with Crippen molar-refractivity contribution in [3.8, 4) is 22.6 Å². The number of halogens is 1. The Bertz CT molecular complexity index is 1350. The standard InChI is InChI=1S/C20H14FN5O3S/c1-25-8-10(6-23-25)12-4-11(21)5-14-13(12)7-22-19(27)26(14)20-24-17-16(30-20)3-2-15-18(17)29-9-28-15/h2-6,8H,7,9H2,1H3,(H,22,27). The SMILES string of the molecule is Cn1cc(-c2cc(F)cc3c2CNC(=O)N3c2nc3c4c(ccc3s2)OCO4)cn1. The van der Waals surface area contributed by atoms with Crippen molar-refractivity contribution in [2.24, 2.45) is 7.05 Å². The number of aryl methyl sites for hydroxylation is 1. The van der Waals surface area contributed by atoms with E-state index in [1.165, 1.54) is 28.4 Å². The van der Waals surface area contributed by atoms with Crippen molar-refractivity contribution in [2.75, 3.05) is 11.7 Å². The van der Waals surface area contributed by atoms with Crippen molar-refractivity contribution in [3.05, 3.63) is 48.0 Å². The number of amides is 2. The molecule has 30 heavy (non-hydrogen) atoms. The fraction of sp³-hybridized carbons (Fsp3) is 0.150. The van der Waals surface area contributed by atoms with E-state index in [9.17, 15) is 9.18 Å². The summed E-state index contributed by atoms with van der Waals surface area (Å²) in [6.07, 6.45) is 3.49. The minimum absolute atomic E-state index is 0.133. The number of nitrogens with zero attached hydrogens (tertiary/aromatic N) is 4. The number of ether oxygens (including phenoxy) is 2. The van der Waals surface area contributed by atoms with Gasteiger partial charge in [-0.1, -0.05) is 11.3 Å². The molecule has 4 aromatic rings. The van der Waals surface area contributed by atoms with Crippen molar-refractivity contribution >= 4 is 38.4 Å². The van der Waals surface area contributed by atoms with Crippen LogP contribution in [0, 0.1) is 5.82 Å². The van der Waals surface area contributed by atoms with Crippen LogP contribution in [-0.2, 0) is 13.6 Å². The van der Waals surface area contributed by atoms with Crippen LogP contribution in [0.2, 0.25) is 0 Å². The second-order valence-corrected chi connectivity index (χ2v) is 8.00. The molecule has 2 aliphatic heterocycles. The first-order chi connectivity index (χ1) is 14.6. The normalized spacial score (nSPS) is 14.9. The lowest BCUT2D eigenvalue weighted by Crippen LogP contribution is -2.41. The molecule has 0 saturated carbocycles. The highest BCUT2D eigenvalue weighted by atomic mass is 32.1. The number of urea groups is 1. The molecule has 4 heterocycles.